The van der Waals surface area contributed by atoms with Crippen molar-refractivity contribution in [3.05, 3.63) is 65.2 Å². The quantitative estimate of drug-likeness (QED) is 0.759. The first-order valence-corrected chi connectivity index (χ1v) is 6.75. The van der Waals surface area contributed by atoms with Gasteiger partial charge in [-0.25, -0.2) is 4.98 Å². The van der Waals surface area contributed by atoms with Gasteiger partial charge in [-0.05, 0) is 41.6 Å². The first-order chi connectivity index (χ1) is 10.8. The smallest absolute Gasteiger partial charge is 0.198 e. The summed E-state index contributed by atoms with van der Waals surface area (Å²) in [4.78, 5) is 7.05. The van der Waals surface area contributed by atoms with Crippen LogP contribution in [0.5, 0.6) is 5.88 Å². The van der Waals surface area contributed by atoms with Crippen molar-refractivity contribution in [3.63, 3.8) is 0 Å². The number of fused-ring (bicyclic) bond motifs is 2. The molecule has 4 rings (SSSR count). The minimum atomic E-state index is 0.0957. The molecule has 0 aliphatic carbocycles. The highest BCUT2D eigenvalue weighted by atomic mass is 16.3. The lowest BCUT2D eigenvalue weighted by Crippen LogP contribution is -2.08. The molecule has 105 valence electrons. The van der Waals surface area contributed by atoms with Crippen LogP contribution in [-0.4, -0.2) is 15.1 Å². The van der Waals surface area contributed by atoms with Crippen molar-refractivity contribution in [3.8, 4) is 5.88 Å². The average Bonchev–Trinajstić information content (AvgIpc) is 3.08. The zero-order chi connectivity index (χ0) is 15.1. The van der Waals surface area contributed by atoms with Crippen molar-refractivity contribution in [1.29, 1.82) is 0 Å². The third-order valence-corrected chi connectivity index (χ3v) is 3.62. The molecule has 0 saturated carbocycles. The molecular formula is C17H11N4O. The molecule has 22 heavy (non-hydrogen) atoms. The van der Waals surface area contributed by atoms with Crippen LogP contribution in [0.1, 0.15) is 5.56 Å². The van der Waals surface area contributed by atoms with Crippen LogP contribution >= 0.6 is 0 Å². The third kappa shape index (κ3) is 1.83. The van der Waals surface area contributed by atoms with Crippen LogP contribution in [0.15, 0.2) is 52.8 Å². The minimum Gasteiger partial charge on any atom is -0.494 e. The van der Waals surface area contributed by atoms with E-state index in [-0.39, 0.29) is 5.88 Å². The first kappa shape index (κ1) is 12.5. The third-order valence-electron chi connectivity index (χ3n) is 3.62. The Hall–Kier alpha value is -3.21. The number of benzene rings is 1. The molecule has 0 unspecified atom stereocenters. The highest BCUT2D eigenvalue weighted by Gasteiger charge is 2.09. The molecule has 5 nitrogen and oxygen atoms in total. The summed E-state index contributed by atoms with van der Waals surface area (Å²) in [5.41, 5.74) is 2.79. The molecule has 0 fully saturated rings. The van der Waals surface area contributed by atoms with Gasteiger partial charge in [0.25, 0.3) is 0 Å². The summed E-state index contributed by atoms with van der Waals surface area (Å²) in [5.74, 6) is 0.0957. The predicted octanol–water partition coefficient (Wildman–Crippen LogP) is 2.29. The lowest BCUT2D eigenvalue weighted by molar-refractivity contribution is 0.457. The second-order valence-electron chi connectivity index (χ2n) is 4.96. The summed E-state index contributed by atoms with van der Waals surface area (Å²) in [7, 11) is 0. The maximum Gasteiger partial charge on any atom is 0.198 e. The number of pyridine rings is 1. The van der Waals surface area contributed by atoms with E-state index in [0.717, 1.165) is 21.5 Å². The molecular weight excluding hydrogens is 276 g/mol. The number of azo groups is 1. The van der Waals surface area contributed by atoms with E-state index < -0.39 is 0 Å². The average molecular weight is 287 g/mol. The molecule has 2 aromatic heterocycles. The van der Waals surface area contributed by atoms with Crippen molar-refractivity contribution < 1.29 is 5.11 Å². The number of aromatic hydroxyl groups is 1. The Morgan fingerprint density at radius 2 is 2.09 bits per heavy atom. The number of hydrogen-bond acceptors (Lipinski definition) is 4. The molecule has 5 heteroatoms. The number of rotatable bonds is 2. The van der Waals surface area contributed by atoms with Crippen LogP contribution in [0.3, 0.4) is 0 Å². The van der Waals surface area contributed by atoms with Crippen LogP contribution in [0.25, 0.3) is 22.8 Å². The van der Waals surface area contributed by atoms with Gasteiger partial charge in [-0.15, -0.1) is 10.2 Å². The van der Waals surface area contributed by atoms with Gasteiger partial charge < -0.3 is 10.1 Å². The van der Waals surface area contributed by atoms with E-state index in [1.165, 1.54) is 6.08 Å². The molecule has 2 N–H and O–H groups in total. The molecule has 1 aliphatic rings. The monoisotopic (exact) mass is 287 g/mol. The van der Waals surface area contributed by atoms with Gasteiger partial charge in [0.05, 0.1) is 11.4 Å². The lowest BCUT2D eigenvalue weighted by atomic mass is 10.1. The van der Waals surface area contributed by atoms with E-state index in [1.807, 2.05) is 36.4 Å². The molecule has 1 aliphatic heterocycles. The highest BCUT2D eigenvalue weighted by molar-refractivity contribution is 5.89. The van der Waals surface area contributed by atoms with Gasteiger partial charge >= 0.3 is 0 Å². The van der Waals surface area contributed by atoms with E-state index in [4.69, 9.17) is 6.58 Å². The van der Waals surface area contributed by atoms with Crippen LogP contribution in [0.2, 0.25) is 0 Å². The Kier molecular flexibility index (Phi) is 2.66. The number of nitrogens with one attached hydrogen (secondary N) is 1. The molecule has 0 saturated heterocycles. The van der Waals surface area contributed by atoms with E-state index in [2.05, 4.69) is 20.2 Å². The highest BCUT2D eigenvalue weighted by Crippen LogP contribution is 2.26. The summed E-state index contributed by atoms with van der Waals surface area (Å²) >= 11 is 0. The van der Waals surface area contributed by atoms with E-state index in [9.17, 15) is 5.11 Å². The topological polar surface area (TPSA) is 73.6 Å². The first-order valence-electron chi connectivity index (χ1n) is 6.75. The van der Waals surface area contributed by atoms with Crippen LogP contribution in [0, 0.1) is 6.58 Å². The predicted molar refractivity (Wildman–Crippen MR) is 83.8 cm³/mol. The maximum atomic E-state index is 10.1. The molecule has 1 radical (unpaired) electrons. The molecule has 0 bridgehead atoms. The number of aromatic nitrogens is 2. The molecule has 0 spiro atoms. The summed E-state index contributed by atoms with van der Waals surface area (Å²) in [5, 5.41) is 20.9. The Morgan fingerprint density at radius 1 is 1.18 bits per heavy atom. The van der Waals surface area contributed by atoms with Crippen molar-refractivity contribution in [2.45, 2.75) is 0 Å². The lowest BCUT2D eigenvalue weighted by Gasteiger charge is -1.94. The van der Waals surface area contributed by atoms with Gasteiger partial charge in [0.2, 0.25) is 0 Å². The molecule has 3 heterocycles. The van der Waals surface area contributed by atoms with Crippen LogP contribution in [-0.2, 0) is 0 Å². The molecule has 0 atom stereocenters. The number of hydrogen-bond donors (Lipinski definition) is 2. The standard InChI is InChI=1S/C17H11N4O/c1-2-14-12-6-5-10(9-15(12)21-20-14)8-13-11-4-3-7-18-16(11)19-17(13)22/h1-9,22H,(H,18,19)/b2-1?,10-8+. The van der Waals surface area contributed by atoms with Gasteiger partial charge in [0.15, 0.2) is 5.88 Å². The number of H-pyrrole nitrogens is 1. The Morgan fingerprint density at radius 3 is 2.95 bits per heavy atom. The SMILES string of the molecule is [CH]=CC1=c2cc/c(=C\c3c(O)[nH]c4ncccc34)cc2N=N1. The normalized spacial score (nSPS) is 13.8. The van der Waals surface area contributed by atoms with Crippen molar-refractivity contribution >= 4 is 28.5 Å². The van der Waals surface area contributed by atoms with E-state index >= 15 is 0 Å². The Labute approximate surface area is 125 Å². The maximum absolute atomic E-state index is 10.1. The zero-order valence-electron chi connectivity index (χ0n) is 11.5. The fourth-order valence-electron chi connectivity index (χ4n) is 2.56. The summed E-state index contributed by atoms with van der Waals surface area (Å²) < 4.78 is 0. The minimum absolute atomic E-state index is 0.0957. The van der Waals surface area contributed by atoms with Gasteiger partial charge in [0.1, 0.15) is 5.65 Å². The summed E-state index contributed by atoms with van der Waals surface area (Å²) in [6, 6.07) is 9.51. The summed E-state index contributed by atoms with van der Waals surface area (Å²) in [6.07, 6.45) is 5.00. The van der Waals surface area contributed by atoms with Gasteiger partial charge in [-0.1, -0.05) is 12.6 Å². The van der Waals surface area contributed by atoms with Gasteiger partial charge in [-0.3, -0.25) is 0 Å². The van der Waals surface area contributed by atoms with Gasteiger partial charge in [0, 0.05) is 22.4 Å². The van der Waals surface area contributed by atoms with E-state index in [1.54, 1.807) is 6.20 Å². The Balaban J connectivity index is 1.94. The van der Waals surface area contributed by atoms with Crippen molar-refractivity contribution in [1.82, 2.24) is 9.97 Å². The van der Waals surface area contributed by atoms with Crippen LogP contribution < -0.4 is 10.4 Å². The number of aromatic amines is 1. The fraction of sp³-hybridized carbons (Fsp3) is 0. The molecule has 0 amide bonds. The van der Waals surface area contributed by atoms with Crippen LogP contribution in [0.4, 0.5) is 5.69 Å². The second kappa shape index (κ2) is 4.66. The largest absolute Gasteiger partial charge is 0.494 e. The zero-order valence-corrected chi connectivity index (χ0v) is 11.5. The molecule has 1 aromatic carbocycles. The second-order valence-corrected chi connectivity index (χ2v) is 4.96. The Bertz CT molecular complexity index is 1060. The summed E-state index contributed by atoms with van der Waals surface area (Å²) in [6.45, 7) is 5.51. The van der Waals surface area contributed by atoms with Crippen molar-refractivity contribution in [2.75, 3.05) is 0 Å². The number of nitrogens with zero attached hydrogens (tertiary/aromatic N) is 3. The fourth-order valence-corrected chi connectivity index (χ4v) is 2.56. The van der Waals surface area contributed by atoms with Gasteiger partial charge in [-0.2, -0.15) is 0 Å². The van der Waals surface area contributed by atoms with E-state index in [0.29, 0.717) is 16.9 Å². The molecule has 3 aromatic rings. The van der Waals surface area contributed by atoms with Crippen molar-refractivity contribution in [2.24, 2.45) is 10.2 Å².